The van der Waals surface area contributed by atoms with Crippen molar-refractivity contribution in [2.45, 2.75) is 18.6 Å². The third-order valence-electron chi connectivity index (χ3n) is 3.23. The van der Waals surface area contributed by atoms with Crippen LogP contribution in [-0.4, -0.2) is 35.1 Å². The van der Waals surface area contributed by atoms with Crippen LogP contribution in [0.3, 0.4) is 0 Å². The second kappa shape index (κ2) is 6.00. The smallest absolute Gasteiger partial charge is 0.170 e. The Morgan fingerprint density at radius 1 is 1.50 bits per heavy atom. The van der Waals surface area contributed by atoms with Crippen LogP contribution >= 0.6 is 11.8 Å². The summed E-state index contributed by atoms with van der Waals surface area (Å²) >= 11 is 2.06. The van der Waals surface area contributed by atoms with Crippen LogP contribution in [0, 0.1) is 0 Å². The van der Waals surface area contributed by atoms with Gasteiger partial charge in [0.1, 0.15) is 0 Å². The summed E-state index contributed by atoms with van der Waals surface area (Å²) in [7, 11) is 0. The molecule has 1 atom stereocenters. The first-order chi connectivity index (χ1) is 8.74. The molecule has 18 heavy (non-hydrogen) atoms. The Kier molecular flexibility index (Phi) is 4.36. The maximum Gasteiger partial charge on any atom is 0.170 e. The van der Waals surface area contributed by atoms with Gasteiger partial charge in [-0.2, -0.15) is 11.8 Å². The lowest BCUT2D eigenvalue weighted by atomic mass is 10.1. The van der Waals surface area contributed by atoms with Crippen LogP contribution in [-0.2, 0) is 0 Å². The zero-order chi connectivity index (χ0) is 13.0. The third-order valence-corrected chi connectivity index (χ3v) is 4.60. The Balaban J connectivity index is 2.09. The topological polar surface area (TPSA) is 61.8 Å². The Bertz CT molecular complexity index is 419. The van der Waals surface area contributed by atoms with E-state index in [-0.39, 0.29) is 5.84 Å². The van der Waals surface area contributed by atoms with E-state index < -0.39 is 0 Å². The number of oxime groups is 1. The second-order valence-corrected chi connectivity index (χ2v) is 5.79. The van der Waals surface area contributed by atoms with Gasteiger partial charge in [-0.1, -0.05) is 12.1 Å². The third kappa shape index (κ3) is 2.90. The molecule has 0 bridgehead atoms. The van der Waals surface area contributed by atoms with E-state index in [1.54, 1.807) is 0 Å². The van der Waals surface area contributed by atoms with Gasteiger partial charge in [0.05, 0.1) is 0 Å². The number of nitrogens with zero attached hydrogens (tertiary/aromatic N) is 2. The number of anilines is 1. The van der Waals surface area contributed by atoms with Gasteiger partial charge in [0.15, 0.2) is 5.84 Å². The molecular weight excluding hydrogens is 246 g/mol. The highest BCUT2D eigenvalue weighted by Crippen LogP contribution is 2.25. The molecule has 1 aromatic carbocycles. The average molecular weight is 265 g/mol. The van der Waals surface area contributed by atoms with Crippen molar-refractivity contribution in [1.82, 2.24) is 0 Å². The molecule has 1 heterocycles. The van der Waals surface area contributed by atoms with Crippen molar-refractivity contribution < 1.29 is 5.21 Å². The van der Waals surface area contributed by atoms with Crippen molar-refractivity contribution in [2.75, 3.05) is 23.7 Å². The zero-order valence-electron chi connectivity index (χ0n) is 10.5. The summed E-state index contributed by atoms with van der Waals surface area (Å²) < 4.78 is 0. The molecule has 4 nitrogen and oxygen atoms in total. The summed E-state index contributed by atoms with van der Waals surface area (Å²) in [5.74, 6) is 1.34. The molecule has 0 saturated carbocycles. The van der Waals surface area contributed by atoms with E-state index in [0.29, 0.717) is 0 Å². The van der Waals surface area contributed by atoms with E-state index in [0.717, 1.165) is 23.9 Å². The van der Waals surface area contributed by atoms with Crippen molar-refractivity contribution in [3.8, 4) is 0 Å². The zero-order valence-corrected chi connectivity index (χ0v) is 11.4. The number of amidine groups is 1. The SMILES string of the molecule is CCC1CN(c2ccc(/C(N)=N/O)cc2)CCS1. The van der Waals surface area contributed by atoms with Crippen molar-refractivity contribution in [2.24, 2.45) is 10.9 Å². The number of rotatable bonds is 3. The molecule has 1 aliphatic rings. The molecule has 1 unspecified atom stereocenters. The average Bonchev–Trinajstić information content (AvgIpc) is 2.46. The lowest BCUT2D eigenvalue weighted by Crippen LogP contribution is -2.37. The molecule has 1 aromatic rings. The molecule has 1 fully saturated rings. The van der Waals surface area contributed by atoms with Crippen LogP contribution in [0.15, 0.2) is 29.4 Å². The fourth-order valence-corrected chi connectivity index (χ4v) is 3.28. The highest BCUT2D eigenvalue weighted by atomic mass is 32.2. The van der Waals surface area contributed by atoms with E-state index in [2.05, 4.69) is 28.7 Å². The van der Waals surface area contributed by atoms with E-state index in [4.69, 9.17) is 10.9 Å². The van der Waals surface area contributed by atoms with Crippen LogP contribution in [0.2, 0.25) is 0 Å². The fraction of sp³-hybridized carbons (Fsp3) is 0.462. The summed E-state index contributed by atoms with van der Waals surface area (Å²) in [6.07, 6.45) is 1.21. The largest absolute Gasteiger partial charge is 0.409 e. The summed E-state index contributed by atoms with van der Waals surface area (Å²) in [5.41, 5.74) is 7.51. The van der Waals surface area contributed by atoms with Gasteiger partial charge in [-0.3, -0.25) is 0 Å². The monoisotopic (exact) mass is 265 g/mol. The lowest BCUT2D eigenvalue weighted by molar-refractivity contribution is 0.318. The Morgan fingerprint density at radius 2 is 2.22 bits per heavy atom. The maximum atomic E-state index is 8.62. The molecular formula is C13H19N3OS. The number of hydrogen-bond donors (Lipinski definition) is 2. The molecule has 1 saturated heterocycles. The predicted molar refractivity (Wildman–Crippen MR) is 77.7 cm³/mol. The van der Waals surface area contributed by atoms with Gasteiger partial charge in [-0.05, 0) is 30.7 Å². The summed E-state index contributed by atoms with van der Waals surface area (Å²) in [5, 5.41) is 12.4. The van der Waals surface area contributed by atoms with Gasteiger partial charge in [-0.15, -0.1) is 0 Å². The minimum atomic E-state index is 0.155. The lowest BCUT2D eigenvalue weighted by Gasteiger charge is -2.33. The number of benzene rings is 1. The van der Waals surface area contributed by atoms with Crippen molar-refractivity contribution in [3.63, 3.8) is 0 Å². The van der Waals surface area contributed by atoms with Crippen LogP contribution in [0.4, 0.5) is 5.69 Å². The highest BCUT2D eigenvalue weighted by molar-refractivity contribution is 8.00. The molecule has 0 spiro atoms. The van der Waals surface area contributed by atoms with Crippen LogP contribution in [0.25, 0.3) is 0 Å². The summed E-state index contributed by atoms with van der Waals surface area (Å²) in [6.45, 7) is 4.43. The standard InChI is InChI=1S/C13H19N3OS/c1-2-12-9-16(7-8-18-12)11-5-3-10(4-6-11)13(14)15-17/h3-6,12,17H,2,7-9H2,1H3,(H2,14,15). The molecule has 0 amide bonds. The maximum absolute atomic E-state index is 8.62. The molecule has 0 aliphatic carbocycles. The Morgan fingerprint density at radius 3 is 2.83 bits per heavy atom. The Hall–Kier alpha value is -1.36. The van der Waals surface area contributed by atoms with Crippen molar-refractivity contribution >= 4 is 23.3 Å². The van der Waals surface area contributed by atoms with Gasteiger partial charge in [0.25, 0.3) is 0 Å². The van der Waals surface area contributed by atoms with Crippen molar-refractivity contribution in [1.29, 1.82) is 0 Å². The van der Waals surface area contributed by atoms with E-state index >= 15 is 0 Å². The van der Waals surface area contributed by atoms with Crippen LogP contribution < -0.4 is 10.6 Å². The fourth-order valence-electron chi connectivity index (χ4n) is 2.10. The minimum Gasteiger partial charge on any atom is -0.409 e. The van der Waals surface area contributed by atoms with E-state index in [1.807, 2.05) is 24.3 Å². The molecule has 2 rings (SSSR count). The second-order valence-electron chi connectivity index (χ2n) is 4.38. The van der Waals surface area contributed by atoms with Gasteiger partial charge in [-0.25, -0.2) is 0 Å². The number of hydrogen-bond acceptors (Lipinski definition) is 4. The Labute approximate surface area is 112 Å². The molecule has 0 aromatic heterocycles. The summed E-state index contributed by atoms with van der Waals surface area (Å²) in [6, 6.07) is 7.87. The molecule has 1 aliphatic heterocycles. The first-order valence-electron chi connectivity index (χ1n) is 6.19. The summed E-state index contributed by atoms with van der Waals surface area (Å²) in [4.78, 5) is 2.40. The van der Waals surface area contributed by atoms with E-state index in [1.165, 1.54) is 17.9 Å². The van der Waals surface area contributed by atoms with Gasteiger partial charge >= 0.3 is 0 Å². The quantitative estimate of drug-likeness (QED) is 0.380. The molecule has 3 N–H and O–H groups in total. The minimum absolute atomic E-state index is 0.155. The van der Waals surface area contributed by atoms with E-state index in [9.17, 15) is 0 Å². The van der Waals surface area contributed by atoms with Crippen LogP contribution in [0.5, 0.6) is 0 Å². The molecule has 5 heteroatoms. The van der Waals surface area contributed by atoms with Gasteiger partial charge in [0, 0.05) is 35.3 Å². The first-order valence-corrected chi connectivity index (χ1v) is 7.24. The van der Waals surface area contributed by atoms with Gasteiger partial charge in [0.2, 0.25) is 0 Å². The number of nitrogens with two attached hydrogens (primary N) is 1. The van der Waals surface area contributed by atoms with Crippen molar-refractivity contribution in [3.05, 3.63) is 29.8 Å². The highest BCUT2D eigenvalue weighted by Gasteiger charge is 2.19. The number of thioether (sulfide) groups is 1. The first kappa shape index (κ1) is 13.1. The molecule has 0 radical (unpaired) electrons. The predicted octanol–water partition coefficient (Wildman–Crippen LogP) is 2.11. The molecule has 98 valence electrons. The van der Waals surface area contributed by atoms with Gasteiger partial charge < -0.3 is 15.8 Å². The normalized spacial score (nSPS) is 21.1. The van der Waals surface area contributed by atoms with Crippen LogP contribution in [0.1, 0.15) is 18.9 Å².